The number of ketones is 1. The number of carbonyl (C=O) groups is 2. The third-order valence-corrected chi connectivity index (χ3v) is 8.24. The number of nitrogens with zero attached hydrogens (tertiary/aromatic N) is 2. The Hall–Kier alpha value is -2.74. The molecular weight excluding hydrogens is 416 g/mol. The molecule has 0 radical (unpaired) electrons. The predicted molar refractivity (Wildman–Crippen MR) is 118 cm³/mol. The van der Waals surface area contributed by atoms with Gasteiger partial charge in [0.05, 0.1) is 47.3 Å². The minimum Gasteiger partial charge on any atom is -0.492 e. The highest BCUT2D eigenvalue weighted by atomic mass is 32.2. The summed E-state index contributed by atoms with van der Waals surface area (Å²) in [4.78, 5) is 32.0. The number of fused-ring (bicyclic) bond motifs is 1. The fourth-order valence-electron chi connectivity index (χ4n) is 4.55. The van der Waals surface area contributed by atoms with Gasteiger partial charge in [-0.1, -0.05) is 6.92 Å². The van der Waals surface area contributed by atoms with Gasteiger partial charge < -0.3 is 4.74 Å². The maximum absolute atomic E-state index is 13.3. The van der Waals surface area contributed by atoms with Crippen molar-refractivity contribution in [1.29, 1.82) is 0 Å². The number of rotatable bonds is 6. The summed E-state index contributed by atoms with van der Waals surface area (Å²) in [5.74, 6) is 0.436. The van der Waals surface area contributed by atoms with Crippen LogP contribution in [0.4, 0.5) is 11.4 Å². The van der Waals surface area contributed by atoms with Gasteiger partial charge >= 0.3 is 0 Å². The monoisotopic (exact) mass is 442 g/mol. The Balaban J connectivity index is 1.67. The van der Waals surface area contributed by atoms with E-state index in [0.717, 1.165) is 5.56 Å². The van der Waals surface area contributed by atoms with Crippen molar-refractivity contribution >= 4 is 32.9 Å². The van der Waals surface area contributed by atoms with Crippen molar-refractivity contribution < 1.29 is 22.7 Å². The molecule has 1 aromatic heterocycles. The first-order valence-electron chi connectivity index (χ1n) is 10.3. The summed E-state index contributed by atoms with van der Waals surface area (Å²) < 4.78 is 28.6. The average molecular weight is 443 g/mol. The molecule has 1 amide bonds. The lowest BCUT2D eigenvalue weighted by Crippen LogP contribution is -2.47. The van der Waals surface area contributed by atoms with Crippen LogP contribution in [0.2, 0.25) is 0 Å². The number of hydrogen-bond acceptors (Lipinski definition) is 6. The zero-order valence-electron chi connectivity index (χ0n) is 18.1. The molecule has 164 valence electrons. The molecule has 0 spiro atoms. The number of hydrogen-bond donors (Lipinski definition) is 0. The summed E-state index contributed by atoms with van der Waals surface area (Å²) in [6, 6.07) is 7.03. The van der Waals surface area contributed by atoms with Crippen LogP contribution in [0.3, 0.4) is 0 Å². The first kappa shape index (κ1) is 21.5. The second-order valence-corrected chi connectivity index (χ2v) is 11.3. The standard InChI is InChI=1S/C23H26N2O5S/c1-5-30-17-9-16(11-24-12-17)25-19-7-6-15(8-18(19)22(2,3)21(25)27)20(26)10-23(4)13-31(28,29)14-23/h6-9,11-12H,5,10,13-14H2,1-4H3. The Labute approximate surface area is 182 Å². The molecule has 2 aliphatic rings. The van der Waals surface area contributed by atoms with Gasteiger partial charge in [0.15, 0.2) is 15.6 Å². The van der Waals surface area contributed by atoms with Gasteiger partial charge in [-0.05, 0) is 44.5 Å². The number of pyridine rings is 1. The highest BCUT2D eigenvalue weighted by molar-refractivity contribution is 7.92. The lowest BCUT2D eigenvalue weighted by Gasteiger charge is -2.37. The molecule has 0 atom stereocenters. The fraction of sp³-hybridized carbons (Fsp3) is 0.435. The van der Waals surface area contributed by atoms with Crippen molar-refractivity contribution in [2.45, 2.75) is 39.5 Å². The molecule has 1 fully saturated rings. The fourth-order valence-corrected chi connectivity index (χ4v) is 6.80. The summed E-state index contributed by atoms with van der Waals surface area (Å²) in [6.07, 6.45) is 3.38. The molecule has 1 saturated heterocycles. The Morgan fingerprint density at radius 3 is 2.52 bits per heavy atom. The smallest absolute Gasteiger partial charge is 0.241 e. The average Bonchev–Trinajstić information content (AvgIpc) is 2.86. The van der Waals surface area contributed by atoms with Crippen LogP contribution >= 0.6 is 0 Å². The quantitative estimate of drug-likeness (QED) is 0.636. The first-order valence-corrected chi connectivity index (χ1v) is 12.1. The van der Waals surface area contributed by atoms with E-state index in [0.29, 0.717) is 29.3 Å². The van der Waals surface area contributed by atoms with E-state index in [4.69, 9.17) is 4.74 Å². The lowest BCUT2D eigenvalue weighted by atomic mass is 9.83. The summed E-state index contributed by atoms with van der Waals surface area (Å²) in [5, 5.41) is 0. The third kappa shape index (κ3) is 3.73. The van der Waals surface area contributed by atoms with Crippen LogP contribution in [0.15, 0.2) is 36.7 Å². The molecule has 31 heavy (non-hydrogen) atoms. The van der Waals surface area contributed by atoms with Gasteiger partial charge in [-0.25, -0.2) is 8.42 Å². The van der Waals surface area contributed by atoms with Crippen LogP contribution in [0.5, 0.6) is 5.75 Å². The number of anilines is 2. The number of ether oxygens (including phenoxy) is 1. The van der Waals surface area contributed by atoms with E-state index >= 15 is 0 Å². The molecule has 3 heterocycles. The molecule has 0 N–H and O–H groups in total. The minimum absolute atomic E-state index is 0.0393. The molecular formula is C23H26N2O5S. The SMILES string of the molecule is CCOc1cncc(N2C(=O)C(C)(C)c3cc(C(=O)CC4(C)CS(=O)(=O)C4)ccc32)c1. The topological polar surface area (TPSA) is 93.6 Å². The highest BCUT2D eigenvalue weighted by Gasteiger charge is 2.47. The van der Waals surface area contributed by atoms with Crippen LogP contribution in [0, 0.1) is 5.41 Å². The van der Waals surface area contributed by atoms with Crippen LogP contribution in [0.1, 0.15) is 50.0 Å². The molecule has 2 aliphatic heterocycles. The molecule has 0 bridgehead atoms. The zero-order chi connectivity index (χ0) is 22.6. The molecule has 1 aromatic carbocycles. The van der Waals surface area contributed by atoms with E-state index in [2.05, 4.69) is 4.98 Å². The van der Waals surface area contributed by atoms with Crippen molar-refractivity contribution in [2.75, 3.05) is 23.0 Å². The molecule has 0 saturated carbocycles. The van der Waals surface area contributed by atoms with E-state index in [1.165, 1.54) is 0 Å². The molecule has 7 nitrogen and oxygen atoms in total. The second-order valence-electron chi connectivity index (χ2n) is 9.25. The van der Waals surface area contributed by atoms with Crippen LogP contribution in [-0.2, 0) is 20.0 Å². The Morgan fingerprint density at radius 2 is 1.87 bits per heavy atom. The number of aromatic nitrogens is 1. The van der Waals surface area contributed by atoms with E-state index < -0.39 is 20.7 Å². The third-order valence-electron chi connectivity index (χ3n) is 5.96. The number of benzene rings is 1. The molecule has 8 heteroatoms. The molecule has 2 aromatic rings. The first-order chi connectivity index (χ1) is 14.5. The molecule has 4 rings (SSSR count). The summed E-state index contributed by atoms with van der Waals surface area (Å²) in [6.45, 7) is 7.87. The van der Waals surface area contributed by atoms with E-state index in [9.17, 15) is 18.0 Å². The van der Waals surface area contributed by atoms with Gasteiger partial charge in [0.25, 0.3) is 0 Å². The van der Waals surface area contributed by atoms with E-state index in [1.54, 1.807) is 41.6 Å². The second kappa shape index (κ2) is 7.15. The number of amides is 1. The summed E-state index contributed by atoms with van der Waals surface area (Å²) in [7, 11) is -3.02. The summed E-state index contributed by atoms with van der Waals surface area (Å²) in [5.41, 5.74) is 1.23. The van der Waals surface area contributed by atoms with Gasteiger partial charge in [-0.15, -0.1) is 0 Å². The largest absolute Gasteiger partial charge is 0.492 e. The molecule has 0 unspecified atom stereocenters. The van der Waals surface area contributed by atoms with Crippen molar-refractivity contribution in [3.05, 3.63) is 47.8 Å². The van der Waals surface area contributed by atoms with Crippen LogP contribution < -0.4 is 9.64 Å². The van der Waals surface area contributed by atoms with Gasteiger partial charge in [-0.3, -0.25) is 19.5 Å². The maximum atomic E-state index is 13.3. The van der Waals surface area contributed by atoms with Crippen molar-refractivity contribution in [3.63, 3.8) is 0 Å². The van der Waals surface area contributed by atoms with Gasteiger partial charge in [0.2, 0.25) is 5.91 Å². The van der Waals surface area contributed by atoms with Crippen molar-refractivity contribution in [1.82, 2.24) is 4.98 Å². The molecule has 0 aliphatic carbocycles. The van der Waals surface area contributed by atoms with Crippen molar-refractivity contribution in [3.8, 4) is 5.75 Å². The highest BCUT2D eigenvalue weighted by Crippen LogP contribution is 2.46. The van der Waals surface area contributed by atoms with E-state index in [-0.39, 0.29) is 29.6 Å². The number of sulfone groups is 1. The number of Topliss-reactive ketones (excluding diaryl/α,β-unsaturated/α-hetero) is 1. The van der Waals surface area contributed by atoms with Crippen LogP contribution in [0.25, 0.3) is 0 Å². The predicted octanol–water partition coefficient (Wildman–Crippen LogP) is 3.44. The minimum atomic E-state index is -3.02. The Morgan fingerprint density at radius 1 is 1.16 bits per heavy atom. The summed E-state index contributed by atoms with van der Waals surface area (Å²) >= 11 is 0. The Kier molecular flexibility index (Phi) is 4.96. The van der Waals surface area contributed by atoms with Gasteiger partial charge in [-0.2, -0.15) is 0 Å². The normalized spacial score (nSPS) is 20.1. The van der Waals surface area contributed by atoms with Gasteiger partial charge in [0.1, 0.15) is 5.75 Å². The van der Waals surface area contributed by atoms with Crippen LogP contribution in [-0.4, -0.2) is 43.2 Å². The lowest BCUT2D eigenvalue weighted by molar-refractivity contribution is -0.121. The van der Waals surface area contributed by atoms with Gasteiger partial charge in [0, 0.05) is 23.5 Å². The maximum Gasteiger partial charge on any atom is 0.241 e. The van der Waals surface area contributed by atoms with E-state index in [1.807, 2.05) is 27.7 Å². The number of carbonyl (C=O) groups excluding carboxylic acids is 2. The van der Waals surface area contributed by atoms with Crippen molar-refractivity contribution in [2.24, 2.45) is 5.41 Å². The zero-order valence-corrected chi connectivity index (χ0v) is 19.0. The Bertz CT molecular complexity index is 1170.